The zero-order chi connectivity index (χ0) is 13.9. The van der Waals surface area contributed by atoms with Gasteiger partial charge >= 0.3 is 6.01 Å². The molecule has 20 heavy (non-hydrogen) atoms. The summed E-state index contributed by atoms with van der Waals surface area (Å²) in [7, 11) is 0. The van der Waals surface area contributed by atoms with Gasteiger partial charge in [-0.3, -0.25) is 0 Å². The summed E-state index contributed by atoms with van der Waals surface area (Å²) in [6.07, 6.45) is 2.18. The number of benzene rings is 1. The fourth-order valence-electron chi connectivity index (χ4n) is 2.09. The molecule has 0 aliphatic carbocycles. The number of rotatable bonds is 3. The number of aromatic nitrogens is 3. The lowest BCUT2D eigenvalue weighted by Crippen LogP contribution is -2.21. The van der Waals surface area contributed by atoms with E-state index in [0.29, 0.717) is 5.95 Å². The van der Waals surface area contributed by atoms with Crippen molar-refractivity contribution in [1.29, 1.82) is 0 Å². The molecule has 0 unspecified atom stereocenters. The maximum atomic E-state index is 13.5. The Morgan fingerprint density at radius 1 is 1.10 bits per heavy atom. The summed E-state index contributed by atoms with van der Waals surface area (Å²) in [5.74, 6) is 0.120. The van der Waals surface area contributed by atoms with Crippen molar-refractivity contribution >= 4 is 11.9 Å². The summed E-state index contributed by atoms with van der Waals surface area (Å²) in [4.78, 5) is 14.2. The second-order valence-electron chi connectivity index (χ2n) is 4.50. The fraction of sp³-hybridized carbons (Fsp3) is 0.308. The Hall–Kier alpha value is -2.44. The molecule has 2 heterocycles. The average Bonchev–Trinajstić information content (AvgIpc) is 2.95. The van der Waals surface area contributed by atoms with E-state index in [2.05, 4.69) is 15.0 Å². The predicted molar refractivity (Wildman–Crippen MR) is 72.2 cm³/mol. The molecule has 0 spiro atoms. The Labute approximate surface area is 115 Å². The molecule has 1 aromatic heterocycles. The third-order valence-corrected chi connectivity index (χ3v) is 3.05. The largest absolute Gasteiger partial charge is 0.421 e. The maximum Gasteiger partial charge on any atom is 0.328 e. The van der Waals surface area contributed by atoms with Gasteiger partial charge in [0.05, 0.1) is 0 Å². The summed E-state index contributed by atoms with van der Waals surface area (Å²) in [5.41, 5.74) is 5.66. The molecule has 0 amide bonds. The van der Waals surface area contributed by atoms with Crippen LogP contribution in [0, 0.1) is 5.82 Å². The summed E-state index contributed by atoms with van der Waals surface area (Å²) >= 11 is 0. The van der Waals surface area contributed by atoms with E-state index >= 15 is 0 Å². The van der Waals surface area contributed by atoms with E-state index in [4.69, 9.17) is 10.5 Å². The number of ether oxygens (including phenoxy) is 1. The van der Waals surface area contributed by atoms with Crippen LogP contribution in [0.4, 0.5) is 16.3 Å². The topological polar surface area (TPSA) is 77.2 Å². The minimum atomic E-state index is -0.478. The molecule has 3 rings (SSSR count). The molecule has 1 aliphatic heterocycles. The Bertz CT molecular complexity index is 615. The predicted octanol–water partition coefficient (Wildman–Crippen LogP) is 1.99. The van der Waals surface area contributed by atoms with Gasteiger partial charge in [-0.2, -0.15) is 15.0 Å². The number of para-hydroxylation sites is 1. The van der Waals surface area contributed by atoms with Gasteiger partial charge in [0.2, 0.25) is 11.9 Å². The van der Waals surface area contributed by atoms with Crippen LogP contribution in [0.25, 0.3) is 0 Å². The molecule has 1 saturated heterocycles. The molecule has 0 radical (unpaired) electrons. The number of anilines is 2. The van der Waals surface area contributed by atoms with Crippen LogP contribution in [-0.4, -0.2) is 28.0 Å². The van der Waals surface area contributed by atoms with Crippen LogP contribution >= 0.6 is 0 Å². The molecule has 7 heteroatoms. The van der Waals surface area contributed by atoms with Gasteiger partial charge in [-0.15, -0.1) is 0 Å². The van der Waals surface area contributed by atoms with Crippen molar-refractivity contribution in [3.05, 3.63) is 30.1 Å². The zero-order valence-corrected chi connectivity index (χ0v) is 10.8. The van der Waals surface area contributed by atoms with E-state index in [9.17, 15) is 4.39 Å². The van der Waals surface area contributed by atoms with Crippen molar-refractivity contribution < 1.29 is 9.13 Å². The number of hydrogen-bond acceptors (Lipinski definition) is 6. The fourth-order valence-corrected chi connectivity index (χ4v) is 2.09. The third-order valence-electron chi connectivity index (χ3n) is 3.05. The van der Waals surface area contributed by atoms with Crippen molar-refractivity contribution in [3.63, 3.8) is 0 Å². The van der Waals surface area contributed by atoms with Crippen LogP contribution < -0.4 is 15.4 Å². The quantitative estimate of drug-likeness (QED) is 0.923. The second kappa shape index (κ2) is 5.28. The maximum absolute atomic E-state index is 13.5. The summed E-state index contributed by atoms with van der Waals surface area (Å²) in [6, 6.07) is 6.07. The lowest BCUT2D eigenvalue weighted by Gasteiger charge is -2.15. The Kier molecular flexibility index (Phi) is 3.32. The first kappa shape index (κ1) is 12.6. The van der Waals surface area contributed by atoms with Gasteiger partial charge in [0.25, 0.3) is 0 Å². The standard InChI is InChI=1S/C13H14FN5O/c14-9-5-1-2-6-10(9)20-13-17-11(15)16-12(18-13)19-7-3-4-8-19/h1-2,5-6H,3-4,7-8H2,(H2,15,16,17,18). The van der Waals surface area contributed by atoms with E-state index in [1.807, 2.05) is 4.90 Å². The van der Waals surface area contributed by atoms with Gasteiger partial charge in [0.1, 0.15) is 0 Å². The smallest absolute Gasteiger partial charge is 0.328 e. The molecule has 104 valence electrons. The SMILES string of the molecule is Nc1nc(Oc2ccccc2F)nc(N2CCCC2)n1. The van der Waals surface area contributed by atoms with Crippen LogP contribution in [0.3, 0.4) is 0 Å². The third kappa shape index (κ3) is 2.61. The first-order valence-electron chi connectivity index (χ1n) is 6.41. The van der Waals surface area contributed by atoms with E-state index < -0.39 is 5.82 Å². The lowest BCUT2D eigenvalue weighted by molar-refractivity contribution is 0.410. The van der Waals surface area contributed by atoms with Gasteiger partial charge in [0, 0.05) is 13.1 Å². The Balaban J connectivity index is 1.88. The van der Waals surface area contributed by atoms with Crippen LogP contribution in [0.5, 0.6) is 11.8 Å². The Morgan fingerprint density at radius 2 is 1.85 bits per heavy atom. The zero-order valence-electron chi connectivity index (χ0n) is 10.8. The highest BCUT2D eigenvalue weighted by molar-refractivity contribution is 5.38. The first-order valence-corrected chi connectivity index (χ1v) is 6.41. The monoisotopic (exact) mass is 275 g/mol. The highest BCUT2D eigenvalue weighted by atomic mass is 19.1. The van der Waals surface area contributed by atoms with Gasteiger partial charge < -0.3 is 15.4 Å². The highest BCUT2D eigenvalue weighted by Gasteiger charge is 2.17. The van der Waals surface area contributed by atoms with Crippen LogP contribution in [0.15, 0.2) is 24.3 Å². The second-order valence-corrected chi connectivity index (χ2v) is 4.50. The van der Waals surface area contributed by atoms with E-state index in [0.717, 1.165) is 25.9 Å². The normalized spacial score (nSPS) is 14.6. The van der Waals surface area contributed by atoms with Crippen LogP contribution in [0.2, 0.25) is 0 Å². The number of hydrogen-bond donors (Lipinski definition) is 1. The van der Waals surface area contributed by atoms with Crippen LogP contribution in [0.1, 0.15) is 12.8 Å². The van der Waals surface area contributed by atoms with Crippen LogP contribution in [-0.2, 0) is 0 Å². The summed E-state index contributed by atoms with van der Waals surface area (Å²) in [5, 5.41) is 0. The lowest BCUT2D eigenvalue weighted by atomic mass is 10.3. The summed E-state index contributed by atoms with van der Waals surface area (Å²) < 4.78 is 18.9. The van der Waals surface area contributed by atoms with Crippen molar-refractivity contribution in [2.75, 3.05) is 23.7 Å². The van der Waals surface area contributed by atoms with Gasteiger partial charge in [-0.1, -0.05) is 12.1 Å². The Morgan fingerprint density at radius 3 is 2.60 bits per heavy atom. The first-order chi connectivity index (χ1) is 9.72. The van der Waals surface area contributed by atoms with Gasteiger partial charge in [-0.05, 0) is 25.0 Å². The van der Waals surface area contributed by atoms with E-state index in [-0.39, 0.29) is 17.7 Å². The molecule has 2 N–H and O–H groups in total. The molecule has 2 aromatic rings. The number of halogens is 1. The van der Waals surface area contributed by atoms with E-state index in [1.165, 1.54) is 12.1 Å². The molecular formula is C13H14FN5O. The van der Waals surface area contributed by atoms with Crippen molar-refractivity contribution in [2.24, 2.45) is 0 Å². The van der Waals surface area contributed by atoms with Crippen molar-refractivity contribution in [3.8, 4) is 11.8 Å². The number of nitrogen functional groups attached to an aromatic ring is 1. The molecule has 0 bridgehead atoms. The summed E-state index contributed by atoms with van der Waals surface area (Å²) in [6.45, 7) is 1.76. The highest BCUT2D eigenvalue weighted by Crippen LogP contribution is 2.24. The molecule has 0 atom stereocenters. The molecule has 6 nitrogen and oxygen atoms in total. The minimum Gasteiger partial charge on any atom is -0.421 e. The molecule has 1 aromatic carbocycles. The molecular weight excluding hydrogens is 261 g/mol. The van der Waals surface area contributed by atoms with E-state index in [1.54, 1.807) is 12.1 Å². The average molecular weight is 275 g/mol. The van der Waals surface area contributed by atoms with Gasteiger partial charge in [-0.25, -0.2) is 4.39 Å². The molecule has 1 fully saturated rings. The van der Waals surface area contributed by atoms with Gasteiger partial charge in [0.15, 0.2) is 11.6 Å². The molecule has 1 aliphatic rings. The number of nitrogens with two attached hydrogens (primary N) is 1. The van der Waals surface area contributed by atoms with Crippen molar-refractivity contribution in [1.82, 2.24) is 15.0 Å². The molecule has 0 saturated carbocycles. The minimum absolute atomic E-state index is 0.00417. The van der Waals surface area contributed by atoms with Crippen molar-refractivity contribution in [2.45, 2.75) is 12.8 Å². The number of nitrogens with zero attached hydrogens (tertiary/aromatic N) is 4.